The Morgan fingerprint density at radius 3 is 2.40 bits per heavy atom. The molecule has 0 radical (unpaired) electrons. The Kier molecular flexibility index (Phi) is 6.27. The number of amides is 1. The Morgan fingerprint density at radius 2 is 1.57 bits per heavy atom. The van der Waals surface area contributed by atoms with E-state index in [0.717, 1.165) is 23.1 Å². The number of para-hydroxylation sites is 2. The van der Waals surface area contributed by atoms with Gasteiger partial charge in [-0.15, -0.1) is 0 Å². The lowest BCUT2D eigenvalue weighted by atomic mass is 9.62. The third-order valence-electron chi connectivity index (χ3n) is 8.79. The van der Waals surface area contributed by atoms with Gasteiger partial charge in [-0.3, -0.25) is 14.4 Å². The molecule has 1 amide bonds. The SMILES string of the molecule is CCCOc1ccccc1C(=O)[C@@H]1[C@H](C(=O)c2ccccc2)[C@]2(C(=O)Nc3ccccc32)[C@H]2c3ccccc3C=CN12. The minimum Gasteiger partial charge on any atom is -0.493 e. The Hall–Kier alpha value is -4.97. The Morgan fingerprint density at radius 1 is 0.857 bits per heavy atom. The Labute approximate surface area is 244 Å². The van der Waals surface area contributed by atoms with Crippen molar-refractivity contribution < 1.29 is 19.1 Å². The molecule has 4 aromatic carbocycles. The van der Waals surface area contributed by atoms with Crippen LogP contribution in [0.1, 0.15) is 56.8 Å². The number of carbonyl (C=O) groups is 3. The number of nitrogens with one attached hydrogen (secondary N) is 1. The van der Waals surface area contributed by atoms with E-state index < -0.39 is 23.4 Å². The van der Waals surface area contributed by atoms with Gasteiger partial charge in [0.05, 0.1) is 24.1 Å². The van der Waals surface area contributed by atoms with Crippen molar-refractivity contribution in [3.8, 4) is 5.75 Å². The summed E-state index contributed by atoms with van der Waals surface area (Å²) in [4.78, 5) is 46.2. The van der Waals surface area contributed by atoms with Gasteiger partial charge in [-0.2, -0.15) is 0 Å². The summed E-state index contributed by atoms with van der Waals surface area (Å²) in [5.74, 6) is -1.31. The molecular formula is C36H30N2O4. The van der Waals surface area contributed by atoms with Crippen LogP contribution in [0.15, 0.2) is 109 Å². The smallest absolute Gasteiger partial charge is 0.238 e. The van der Waals surface area contributed by atoms with Crippen LogP contribution in [-0.4, -0.2) is 35.0 Å². The number of benzene rings is 4. The minimum absolute atomic E-state index is 0.243. The Bertz CT molecular complexity index is 1750. The zero-order valence-corrected chi connectivity index (χ0v) is 23.2. The molecule has 6 nitrogen and oxygen atoms in total. The molecule has 1 spiro atoms. The van der Waals surface area contributed by atoms with Gasteiger partial charge in [0.2, 0.25) is 5.91 Å². The van der Waals surface area contributed by atoms with Gasteiger partial charge in [0.15, 0.2) is 11.6 Å². The maximum absolute atomic E-state index is 14.9. The highest BCUT2D eigenvalue weighted by Gasteiger charge is 2.70. The first-order valence-corrected chi connectivity index (χ1v) is 14.4. The fraction of sp³-hybridized carbons (Fsp3) is 0.194. The summed E-state index contributed by atoms with van der Waals surface area (Å²) in [6.07, 6.45) is 4.64. The number of carbonyl (C=O) groups excluding carboxylic acids is 3. The van der Waals surface area contributed by atoms with Gasteiger partial charge >= 0.3 is 0 Å². The van der Waals surface area contributed by atoms with Crippen molar-refractivity contribution in [3.05, 3.63) is 137 Å². The van der Waals surface area contributed by atoms with Crippen molar-refractivity contribution in [1.29, 1.82) is 0 Å². The molecule has 0 unspecified atom stereocenters. The first-order valence-electron chi connectivity index (χ1n) is 14.4. The molecule has 7 rings (SSSR count). The lowest BCUT2D eigenvalue weighted by Crippen LogP contribution is -2.49. The van der Waals surface area contributed by atoms with Crippen LogP contribution in [-0.2, 0) is 10.2 Å². The molecule has 208 valence electrons. The number of ether oxygens (including phenoxy) is 1. The molecule has 1 fully saturated rings. The molecule has 0 saturated carbocycles. The van der Waals surface area contributed by atoms with E-state index in [1.165, 1.54) is 0 Å². The van der Waals surface area contributed by atoms with Crippen molar-refractivity contribution in [2.24, 2.45) is 5.92 Å². The number of anilines is 1. The van der Waals surface area contributed by atoms with Crippen LogP contribution in [0, 0.1) is 5.92 Å². The van der Waals surface area contributed by atoms with E-state index in [0.29, 0.717) is 29.2 Å². The standard InChI is InChI=1S/C36H30N2O4/c1-2-22-42-29-19-11-8-16-26(29)33(40)31-30(32(39)24-13-4-3-5-14-24)36(27-17-9-10-18-28(27)37-35(36)41)34-25-15-7-6-12-23(25)20-21-38(31)34/h3-21,30-31,34H,2,22H2,1H3,(H,37,41)/t30-,31+,34-,36+/m1/s1. The van der Waals surface area contributed by atoms with Gasteiger partial charge in [0.25, 0.3) is 0 Å². The van der Waals surface area contributed by atoms with E-state index >= 15 is 0 Å². The molecule has 1 N–H and O–H groups in total. The van der Waals surface area contributed by atoms with Gasteiger partial charge in [-0.05, 0) is 47.4 Å². The molecule has 1 saturated heterocycles. The first-order chi connectivity index (χ1) is 20.6. The minimum atomic E-state index is -1.36. The molecule has 4 aromatic rings. The Balaban J connectivity index is 1.52. The topological polar surface area (TPSA) is 75.7 Å². The quantitative estimate of drug-likeness (QED) is 0.266. The summed E-state index contributed by atoms with van der Waals surface area (Å²) in [7, 11) is 0. The van der Waals surface area contributed by atoms with Gasteiger partial charge in [0.1, 0.15) is 17.2 Å². The number of hydrogen-bond donors (Lipinski definition) is 1. The second-order valence-corrected chi connectivity index (χ2v) is 11.0. The predicted molar refractivity (Wildman–Crippen MR) is 161 cm³/mol. The van der Waals surface area contributed by atoms with E-state index in [1.54, 1.807) is 30.3 Å². The molecule has 4 atom stereocenters. The molecule has 0 aliphatic carbocycles. The average molecular weight is 555 g/mol. The average Bonchev–Trinajstić information content (AvgIpc) is 3.52. The summed E-state index contributed by atoms with van der Waals surface area (Å²) in [5, 5.41) is 3.09. The monoisotopic (exact) mass is 554 g/mol. The lowest BCUT2D eigenvalue weighted by Gasteiger charge is -2.38. The highest BCUT2D eigenvalue weighted by molar-refractivity contribution is 6.17. The summed E-state index contributed by atoms with van der Waals surface area (Å²) >= 11 is 0. The van der Waals surface area contributed by atoms with Crippen LogP contribution in [0.5, 0.6) is 5.75 Å². The molecule has 6 heteroatoms. The van der Waals surface area contributed by atoms with E-state index in [2.05, 4.69) is 5.32 Å². The second-order valence-electron chi connectivity index (χ2n) is 11.0. The summed E-state index contributed by atoms with van der Waals surface area (Å²) in [6.45, 7) is 2.47. The molecule has 3 heterocycles. The van der Waals surface area contributed by atoms with Gasteiger partial charge in [0, 0.05) is 17.5 Å². The molecule has 3 aliphatic heterocycles. The molecule has 0 bridgehead atoms. The second kappa shape index (κ2) is 10.1. The largest absolute Gasteiger partial charge is 0.493 e. The highest BCUT2D eigenvalue weighted by atomic mass is 16.5. The fourth-order valence-corrected chi connectivity index (χ4v) is 7.12. The van der Waals surface area contributed by atoms with E-state index in [-0.39, 0.29) is 17.5 Å². The van der Waals surface area contributed by atoms with E-state index in [4.69, 9.17) is 4.74 Å². The van der Waals surface area contributed by atoms with Crippen LogP contribution < -0.4 is 10.1 Å². The number of rotatable bonds is 7. The normalized spacial score (nSPS) is 23.2. The first kappa shape index (κ1) is 26.0. The van der Waals surface area contributed by atoms with Crippen molar-refractivity contribution in [2.75, 3.05) is 11.9 Å². The zero-order valence-electron chi connectivity index (χ0n) is 23.2. The van der Waals surface area contributed by atoms with Crippen molar-refractivity contribution >= 4 is 29.2 Å². The lowest BCUT2D eigenvalue weighted by molar-refractivity contribution is -0.122. The van der Waals surface area contributed by atoms with Crippen molar-refractivity contribution in [2.45, 2.75) is 30.8 Å². The molecule has 42 heavy (non-hydrogen) atoms. The zero-order chi connectivity index (χ0) is 28.8. The molecule has 0 aromatic heterocycles. The maximum atomic E-state index is 14.9. The number of fused-ring (bicyclic) bond motifs is 6. The summed E-state index contributed by atoms with van der Waals surface area (Å²) in [5.41, 5.74) is 2.77. The molecular weight excluding hydrogens is 524 g/mol. The van der Waals surface area contributed by atoms with Gasteiger partial charge in [-0.25, -0.2) is 0 Å². The van der Waals surface area contributed by atoms with Crippen LogP contribution in [0.25, 0.3) is 6.08 Å². The number of nitrogens with zero attached hydrogens (tertiary/aromatic N) is 1. The fourth-order valence-electron chi connectivity index (χ4n) is 7.12. The van der Waals surface area contributed by atoms with E-state index in [1.807, 2.05) is 96.9 Å². The number of ketones is 2. The van der Waals surface area contributed by atoms with Crippen LogP contribution in [0.3, 0.4) is 0 Å². The van der Waals surface area contributed by atoms with Gasteiger partial charge in [-0.1, -0.05) is 91.9 Å². The van der Waals surface area contributed by atoms with Crippen molar-refractivity contribution in [3.63, 3.8) is 0 Å². The van der Waals surface area contributed by atoms with Crippen LogP contribution in [0.4, 0.5) is 5.69 Å². The molecule has 3 aliphatic rings. The van der Waals surface area contributed by atoms with Gasteiger partial charge < -0.3 is 15.0 Å². The maximum Gasteiger partial charge on any atom is 0.238 e. The third kappa shape index (κ3) is 3.68. The summed E-state index contributed by atoms with van der Waals surface area (Å²) < 4.78 is 6.01. The van der Waals surface area contributed by atoms with Crippen LogP contribution in [0.2, 0.25) is 0 Å². The highest BCUT2D eigenvalue weighted by Crippen LogP contribution is 2.62. The number of Topliss-reactive ketones (excluding diaryl/α,β-unsaturated/α-hetero) is 2. The van der Waals surface area contributed by atoms with Crippen molar-refractivity contribution in [1.82, 2.24) is 4.90 Å². The number of hydrogen-bond acceptors (Lipinski definition) is 5. The predicted octanol–water partition coefficient (Wildman–Crippen LogP) is 6.46. The van der Waals surface area contributed by atoms with Crippen LogP contribution >= 0.6 is 0 Å². The van der Waals surface area contributed by atoms with E-state index in [9.17, 15) is 14.4 Å². The third-order valence-corrected chi connectivity index (χ3v) is 8.79. The summed E-state index contributed by atoms with van der Waals surface area (Å²) in [6, 6.07) is 30.1.